The zero-order chi connectivity index (χ0) is 13.9. The number of hydrogen-bond acceptors (Lipinski definition) is 2. The fraction of sp³-hybridized carbons (Fsp3) is 0.733. The Bertz CT molecular complexity index is 419. The SMILES string of the molecule is CC(C)(C)CC(=O)NCCc1cn2c(n1)CCCC2. The average Bonchev–Trinajstić information content (AvgIpc) is 2.68. The molecule has 19 heavy (non-hydrogen) atoms. The van der Waals surface area contributed by atoms with Crippen LogP contribution in [0.5, 0.6) is 0 Å². The number of amides is 1. The molecule has 0 bridgehead atoms. The minimum absolute atomic E-state index is 0.0532. The van der Waals surface area contributed by atoms with Gasteiger partial charge in [-0.2, -0.15) is 0 Å². The van der Waals surface area contributed by atoms with Gasteiger partial charge in [0, 0.05) is 38.5 Å². The summed E-state index contributed by atoms with van der Waals surface area (Å²) in [4.78, 5) is 16.3. The standard InChI is InChI=1S/C15H25N3O/c1-15(2,3)10-14(19)16-8-7-12-11-18-9-5-4-6-13(18)17-12/h11H,4-10H2,1-3H3,(H,16,19). The molecule has 1 aliphatic heterocycles. The summed E-state index contributed by atoms with van der Waals surface area (Å²) in [5, 5.41) is 2.98. The molecule has 4 nitrogen and oxygen atoms in total. The van der Waals surface area contributed by atoms with Crippen LogP contribution in [0.3, 0.4) is 0 Å². The molecule has 1 aromatic rings. The molecule has 106 valence electrons. The normalized spacial score (nSPS) is 15.1. The highest BCUT2D eigenvalue weighted by atomic mass is 16.1. The summed E-state index contributed by atoms with van der Waals surface area (Å²) < 4.78 is 2.26. The molecule has 0 aliphatic carbocycles. The molecule has 0 saturated carbocycles. The summed E-state index contributed by atoms with van der Waals surface area (Å²) >= 11 is 0. The zero-order valence-corrected chi connectivity index (χ0v) is 12.3. The van der Waals surface area contributed by atoms with Gasteiger partial charge in [-0.15, -0.1) is 0 Å². The fourth-order valence-corrected chi connectivity index (χ4v) is 2.47. The number of rotatable bonds is 4. The predicted molar refractivity (Wildman–Crippen MR) is 76.0 cm³/mol. The van der Waals surface area contributed by atoms with Crippen LogP contribution >= 0.6 is 0 Å². The van der Waals surface area contributed by atoms with Crippen LogP contribution in [0.4, 0.5) is 0 Å². The van der Waals surface area contributed by atoms with Crippen LogP contribution in [-0.4, -0.2) is 22.0 Å². The molecule has 0 saturated heterocycles. The van der Waals surface area contributed by atoms with E-state index in [1.807, 2.05) is 0 Å². The van der Waals surface area contributed by atoms with E-state index >= 15 is 0 Å². The first-order chi connectivity index (χ1) is 8.94. The van der Waals surface area contributed by atoms with E-state index in [1.165, 1.54) is 18.7 Å². The molecule has 0 unspecified atom stereocenters. The van der Waals surface area contributed by atoms with E-state index in [9.17, 15) is 4.79 Å². The first-order valence-corrected chi connectivity index (χ1v) is 7.26. The second-order valence-electron chi connectivity index (χ2n) is 6.64. The monoisotopic (exact) mass is 263 g/mol. The van der Waals surface area contributed by atoms with E-state index in [-0.39, 0.29) is 11.3 Å². The quantitative estimate of drug-likeness (QED) is 0.906. The van der Waals surface area contributed by atoms with Gasteiger partial charge >= 0.3 is 0 Å². The molecule has 2 rings (SSSR count). The van der Waals surface area contributed by atoms with Gasteiger partial charge in [0.1, 0.15) is 5.82 Å². The second kappa shape index (κ2) is 5.76. The third-order valence-electron chi connectivity index (χ3n) is 3.35. The van der Waals surface area contributed by atoms with E-state index in [1.54, 1.807) is 0 Å². The summed E-state index contributed by atoms with van der Waals surface area (Å²) in [7, 11) is 0. The van der Waals surface area contributed by atoms with Crippen LogP contribution in [0.1, 0.15) is 51.6 Å². The molecule has 1 amide bonds. The number of nitrogens with zero attached hydrogens (tertiary/aromatic N) is 2. The lowest BCUT2D eigenvalue weighted by molar-refractivity contribution is -0.122. The Morgan fingerprint density at radius 2 is 2.21 bits per heavy atom. The van der Waals surface area contributed by atoms with E-state index in [0.29, 0.717) is 13.0 Å². The average molecular weight is 263 g/mol. The Labute approximate surface area is 115 Å². The van der Waals surface area contributed by atoms with E-state index < -0.39 is 0 Å². The number of aromatic nitrogens is 2. The molecule has 0 fully saturated rings. The van der Waals surface area contributed by atoms with Crippen LogP contribution in [0.2, 0.25) is 0 Å². The van der Waals surface area contributed by atoms with Crippen LogP contribution in [0.25, 0.3) is 0 Å². The smallest absolute Gasteiger partial charge is 0.220 e. The lowest BCUT2D eigenvalue weighted by atomic mass is 9.92. The van der Waals surface area contributed by atoms with Gasteiger partial charge in [0.05, 0.1) is 5.69 Å². The molecular weight excluding hydrogens is 238 g/mol. The maximum Gasteiger partial charge on any atom is 0.220 e. The van der Waals surface area contributed by atoms with E-state index in [0.717, 1.165) is 25.1 Å². The third kappa shape index (κ3) is 4.37. The molecule has 0 radical (unpaired) electrons. The molecule has 1 aromatic heterocycles. The maximum absolute atomic E-state index is 11.7. The highest BCUT2D eigenvalue weighted by molar-refractivity contribution is 5.76. The van der Waals surface area contributed by atoms with E-state index in [4.69, 9.17) is 0 Å². The van der Waals surface area contributed by atoms with Gasteiger partial charge in [0.25, 0.3) is 0 Å². The third-order valence-corrected chi connectivity index (χ3v) is 3.35. The van der Waals surface area contributed by atoms with Gasteiger partial charge in [-0.25, -0.2) is 4.98 Å². The topological polar surface area (TPSA) is 46.9 Å². The van der Waals surface area contributed by atoms with Crippen LogP contribution in [-0.2, 0) is 24.2 Å². The minimum Gasteiger partial charge on any atom is -0.356 e. The van der Waals surface area contributed by atoms with Crippen molar-refractivity contribution in [1.29, 1.82) is 0 Å². The first kappa shape index (κ1) is 14.1. The van der Waals surface area contributed by atoms with Crippen LogP contribution < -0.4 is 5.32 Å². The minimum atomic E-state index is 0.0532. The summed E-state index contributed by atoms with van der Waals surface area (Å²) in [5.74, 6) is 1.35. The zero-order valence-electron chi connectivity index (χ0n) is 12.3. The largest absolute Gasteiger partial charge is 0.356 e. The van der Waals surface area contributed by atoms with Gasteiger partial charge in [-0.1, -0.05) is 20.8 Å². The Morgan fingerprint density at radius 1 is 1.42 bits per heavy atom. The molecule has 1 aliphatic rings. The number of imidazole rings is 1. The van der Waals surface area contributed by atoms with Crippen molar-refractivity contribution < 1.29 is 4.79 Å². The van der Waals surface area contributed by atoms with Crippen molar-refractivity contribution in [3.63, 3.8) is 0 Å². The summed E-state index contributed by atoms with van der Waals surface area (Å²) in [6, 6.07) is 0. The molecule has 2 heterocycles. The highest BCUT2D eigenvalue weighted by Crippen LogP contribution is 2.18. The predicted octanol–water partition coefficient (Wildman–Crippen LogP) is 2.31. The van der Waals surface area contributed by atoms with Crippen LogP contribution in [0.15, 0.2) is 6.20 Å². The number of fused-ring (bicyclic) bond motifs is 1. The molecule has 0 aromatic carbocycles. The Hall–Kier alpha value is -1.32. The fourth-order valence-electron chi connectivity index (χ4n) is 2.47. The maximum atomic E-state index is 11.7. The van der Waals surface area contributed by atoms with Gasteiger partial charge in [-0.05, 0) is 18.3 Å². The van der Waals surface area contributed by atoms with Crippen molar-refractivity contribution in [2.75, 3.05) is 6.54 Å². The van der Waals surface area contributed by atoms with E-state index in [2.05, 4.69) is 41.8 Å². The van der Waals surface area contributed by atoms with Crippen LogP contribution in [0, 0.1) is 5.41 Å². The van der Waals surface area contributed by atoms with Crippen molar-refractivity contribution in [1.82, 2.24) is 14.9 Å². The second-order valence-corrected chi connectivity index (χ2v) is 6.64. The summed E-state index contributed by atoms with van der Waals surface area (Å²) in [6.07, 6.45) is 7.15. The lowest BCUT2D eigenvalue weighted by Crippen LogP contribution is -2.29. The number of hydrogen-bond donors (Lipinski definition) is 1. The number of nitrogens with one attached hydrogen (secondary N) is 1. The van der Waals surface area contributed by atoms with Crippen molar-refractivity contribution in [3.8, 4) is 0 Å². The number of carbonyl (C=O) groups is 1. The molecule has 0 spiro atoms. The Morgan fingerprint density at radius 3 is 2.89 bits per heavy atom. The summed E-state index contributed by atoms with van der Waals surface area (Å²) in [6.45, 7) is 8.02. The molecule has 4 heteroatoms. The highest BCUT2D eigenvalue weighted by Gasteiger charge is 2.16. The van der Waals surface area contributed by atoms with Crippen molar-refractivity contribution in [3.05, 3.63) is 17.7 Å². The molecular formula is C15H25N3O. The van der Waals surface area contributed by atoms with Gasteiger partial charge in [0.2, 0.25) is 5.91 Å². The molecule has 1 N–H and O–H groups in total. The first-order valence-electron chi connectivity index (χ1n) is 7.26. The molecule has 0 atom stereocenters. The van der Waals surface area contributed by atoms with Gasteiger partial charge in [-0.3, -0.25) is 4.79 Å². The van der Waals surface area contributed by atoms with Gasteiger partial charge in [0.15, 0.2) is 0 Å². The summed E-state index contributed by atoms with van der Waals surface area (Å²) in [5.41, 5.74) is 1.16. The number of aryl methyl sites for hydroxylation is 2. The van der Waals surface area contributed by atoms with Crippen molar-refractivity contribution in [2.45, 2.75) is 59.4 Å². The van der Waals surface area contributed by atoms with Crippen molar-refractivity contribution >= 4 is 5.91 Å². The Kier molecular flexibility index (Phi) is 4.27. The lowest BCUT2D eigenvalue weighted by Gasteiger charge is -2.17. The van der Waals surface area contributed by atoms with Gasteiger partial charge < -0.3 is 9.88 Å². The number of carbonyl (C=O) groups excluding carboxylic acids is 1. The Balaban J connectivity index is 1.77. The van der Waals surface area contributed by atoms with Crippen molar-refractivity contribution in [2.24, 2.45) is 5.41 Å².